The number of carbonyl (C=O) groups is 2. The zero-order valence-corrected chi connectivity index (χ0v) is 31.9. The van der Waals surface area contributed by atoms with Gasteiger partial charge < -0.3 is 14.4 Å². The van der Waals surface area contributed by atoms with E-state index in [-0.39, 0.29) is 25.2 Å². The van der Waals surface area contributed by atoms with Crippen LogP contribution in [0, 0.1) is 21.4 Å². The van der Waals surface area contributed by atoms with Crippen molar-refractivity contribution in [1.82, 2.24) is 0 Å². The van der Waals surface area contributed by atoms with Crippen LogP contribution >= 0.6 is 147 Å². The van der Waals surface area contributed by atoms with E-state index in [1.165, 1.54) is 0 Å². The van der Waals surface area contributed by atoms with Crippen molar-refractivity contribution in [1.29, 1.82) is 0 Å². The highest BCUT2D eigenvalue weighted by Gasteiger charge is 2.19. The maximum absolute atomic E-state index is 12.8. The van der Waals surface area contributed by atoms with E-state index in [9.17, 15) is 9.59 Å². The number of ether oxygens (including phenoxy) is 2. The van der Waals surface area contributed by atoms with E-state index in [1.54, 1.807) is 6.07 Å². The van der Waals surface area contributed by atoms with Crippen LogP contribution in [0.5, 0.6) is 0 Å². The summed E-state index contributed by atoms with van der Waals surface area (Å²) in [6, 6.07) is 15.1. The molecule has 0 N–H and O–H groups in total. The molecule has 0 amide bonds. The Hall–Kier alpha value is 1.07. The van der Waals surface area contributed by atoms with Gasteiger partial charge in [-0.2, -0.15) is 0 Å². The number of halogens is 7. The first-order chi connectivity index (χ1) is 17.1. The van der Waals surface area contributed by atoms with Crippen LogP contribution in [0.15, 0.2) is 48.5 Å². The van der Waals surface area contributed by atoms with Crippen LogP contribution in [0.1, 0.15) is 20.7 Å². The molecule has 0 aliphatic rings. The van der Waals surface area contributed by atoms with Gasteiger partial charge in [-0.25, -0.2) is 9.59 Å². The Morgan fingerprint density at radius 1 is 0.750 bits per heavy atom. The van der Waals surface area contributed by atoms with Crippen LogP contribution in [0.3, 0.4) is 0 Å². The van der Waals surface area contributed by atoms with E-state index in [0.717, 1.165) is 27.1 Å². The van der Waals surface area contributed by atoms with Gasteiger partial charge in [-0.05, 0) is 178 Å². The molecule has 0 saturated carbocycles. The number of esters is 2. The summed E-state index contributed by atoms with van der Waals surface area (Å²) in [6.07, 6.45) is 0. The monoisotopic (exact) mass is 1180 g/mol. The summed E-state index contributed by atoms with van der Waals surface area (Å²) in [5.74, 6) is -0.723. The van der Waals surface area contributed by atoms with E-state index in [2.05, 4.69) is 136 Å². The second kappa shape index (κ2) is 15.2. The molecule has 5 nitrogen and oxygen atoms in total. The molecule has 0 atom stereocenters. The molecule has 190 valence electrons. The highest BCUT2D eigenvalue weighted by atomic mass is 127. The maximum Gasteiger partial charge on any atom is 0.340 e. The van der Waals surface area contributed by atoms with Crippen molar-refractivity contribution in [3.05, 3.63) is 86.1 Å². The van der Waals surface area contributed by atoms with Gasteiger partial charge in [0.2, 0.25) is 0 Å². The fourth-order valence-electron chi connectivity index (χ4n) is 3.11. The van der Waals surface area contributed by atoms with Gasteiger partial charge in [0.15, 0.2) is 0 Å². The van der Waals surface area contributed by atoms with Crippen LogP contribution in [0.2, 0.25) is 5.02 Å². The lowest BCUT2D eigenvalue weighted by molar-refractivity contribution is 0.0502. The largest absolute Gasteiger partial charge is 0.460 e. The van der Waals surface area contributed by atoms with Gasteiger partial charge >= 0.3 is 11.9 Å². The molecule has 0 bridgehead atoms. The summed E-state index contributed by atoms with van der Waals surface area (Å²) in [5.41, 5.74) is 1.98. The molecule has 0 radical (unpaired) electrons. The van der Waals surface area contributed by atoms with Crippen LogP contribution < -0.4 is 4.90 Å². The van der Waals surface area contributed by atoms with Crippen molar-refractivity contribution in [2.45, 2.75) is 0 Å². The molecule has 0 saturated heterocycles. The Kier molecular flexibility index (Phi) is 13.3. The Bertz CT molecular complexity index is 1290. The van der Waals surface area contributed by atoms with Crippen molar-refractivity contribution < 1.29 is 19.1 Å². The molecule has 0 unspecified atom stereocenters. The summed E-state index contributed by atoms with van der Waals surface area (Å²) in [6.45, 7) is 1.17. The molecule has 36 heavy (non-hydrogen) atoms. The highest BCUT2D eigenvalue weighted by molar-refractivity contribution is 14.1. The van der Waals surface area contributed by atoms with E-state index < -0.39 is 0 Å². The fourth-order valence-corrected chi connectivity index (χ4v) is 8.00. The van der Waals surface area contributed by atoms with Gasteiger partial charge in [0.1, 0.15) is 13.2 Å². The smallest absolute Gasteiger partial charge is 0.340 e. The average molecular weight is 1180 g/mol. The Morgan fingerprint density at radius 2 is 1.39 bits per heavy atom. The summed E-state index contributed by atoms with van der Waals surface area (Å²) >= 11 is 19.3. The van der Waals surface area contributed by atoms with Crippen LogP contribution in [-0.4, -0.2) is 38.2 Å². The zero-order chi connectivity index (χ0) is 26.4. The maximum atomic E-state index is 12.8. The number of nitrogens with zero attached hydrogens (tertiary/aromatic N) is 1. The molecule has 0 spiro atoms. The molecule has 0 aromatic heterocycles. The lowest BCUT2D eigenvalue weighted by Gasteiger charge is -2.25. The Morgan fingerprint density at radius 3 is 2.06 bits per heavy atom. The molecule has 3 rings (SSSR count). The van der Waals surface area contributed by atoms with Gasteiger partial charge in [-0.15, -0.1) is 0 Å². The lowest BCUT2D eigenvalue weighted by Crippen LogP contribution is -2.32. The first-order valence-electron chi connectivity index (χ1n) is 10.2. The quantitative estimate of drug-likeness (QED) is 0.122. The molecule has 0 heterocycles. The highest BCUT2D eigenvalue weighted by Crippen LogP contribution is 2.26. The van der Waals surface area contributed by atoms with Crippen molar-refractivity contribution >= 4 is 165 Å². The Labute approximate surface area is 296 Å². The first-order valence-corrected chi connectivity index (χ1v) is 17.1. The second-order valence-corrected chi connectivity index (χ2v) is 14.5. The minimum atomic E-state index is -0.365. The molecule has 0 fully saturated rings. The molecule has 0 aliphatic heterocycles. The molecular weight excluding hydrogens is 1160 g/mol. The van der Waals surface area contributed by atoms with E-state index in [4.69, 9.17) is 21.1 Å². The SMILES string of the molecule is O=C(OCCN(CCOC(=O)c1c(I)ccc(I)c1I)c1cccc(Cl)c1)c1cc(I)cc(I)c1I. The van der Waals surface area contributed by atoms with E-state index in [0.29, 0.717) is 29.2 Å². The first kappa shape index (κ1) is 31.6. The number of carbonyl (C=O) groups excluding carboxylic acids is 2. The average Bonchev–Trinajstić information content (AvgIpc) is 2.82. The summed E-state index contributed by atoms with van der Waals surface area (Å²) in [7, 11) is 0. The van der Waals surface area contributed by atoms with Gasteiger partial charge in [0.25, 0.3) is 0 Å². The number of benzene rings is 3. The third-order valence-corrected chi connectivity index (χ3v) is 12.7. The summed E-state index contributed by atoms with van der Waals surface area (Å²) in [5, 5.41) is 0.595. The minimum absolute atomic E-state index is 0.171. The van der Waals surface area contributed by atoms with Gasteiger partial charge in [-0.3, -0.25) is 0 Å². The topological polar surface area (TPSA) is 55.8 Å². The zero-order valence-electron chi connectivity index (χ0n) is 18.2. The summed E-state index contributed by atoms with van der Waals surface area (Å²) < 4.78 is 16.8. The number of hydrogen-bond acceptors (Lipinski definition) is 5. The van der Waals surface area contributed by atoms with Gasteiger partial charge in [0, 0.05) is 32.1 Å². The van der Waals surface area contributed by atoms with Gasteiger partial charge in [0.05, 0.1) is 24.2 Å². The number of anilines is 1. The molecule has 12 heteroatoms. The third kappa shape index (κ3) is 8.79. The normalized spacial score (nSPS) is 10.8. The van der Waals surface area contributed by atoms with Crippen LogP contribution in [0.4, 0.5) is 5.69 Å². The van der Waals surface area contributed by atoms with E-state index >= 15 is 0 Å². The number of hydrogen-bond donors (Lipinski definition) is 0. The van der Waals surface area contributed by atoms with Crippen molar-refractivity contribution in [3.63, 3.8) is 0 Å². The molecule has 0 aliphatic carbocycles. The predicted octanol–water partition coefficient (Wildman–Crippen LogP) is 8.49. The minimum Gasteiger partial charge on any atom is -0.460 e. The second-order valence-electron chi connectivity index (χ2n) is 7.21. The van der Waals surface area contributed by atoms with Gasteiger partial charge in [-0.1, -0.05) is 17.7 Å². The predicted molar refractivity (Wildman–Crippen MR) is 193 cm³/mol. The van der Waals surface area contributed by atoms with Crippen molar-refractivity contribution in [2.75, 3.05) is 31.2 Å². The van der Waals surface area contributed by atoms with Crippen molar-refractivity contribution in [2.24, 2.45) is 0 Å². The van der Waals surface area contributed by atoms with E-state index in [1.807, 2.05) is 47.4 Å². The standard InChI is InChI=1S/C24H16ClI6NO4/c25-13-2-1-3-15(10-13)32(6-8-35-23(33)16-11-14(26)12-19(29)21(16)30)7-9-36-24(34)20-17(27)4-5-18(28)22(20)31/h1-5,10-12H,6-9H2. The lowest BCUT2D eigenvalue weighted by atomic mass is 10.2. The molecule has 3 aromatic rings. The van der Waals surface area contributed by atoms with Crippen LogP contribution in [0.25, 0.3) is 0 Å². The third-order valence-electron chi connectivity index (χ3n) is 4.82. The molecule has 3 aromatic carbocycles. The fraction of sp³-hybridized carbons (Fsp3) is 0.167. The number of rotatable bonds is 9. The molecular formula is C24H16ClI6NO4. The van der Waals surface area contributed by atoms with Crippen molar-refractivity contribution in [3.8, 4) is 0 Å². The van der Waals surface area contributed by atoms with Crippen LogP contribution in [-0.2, 0) is 9.47 Å². The summed E-state index contributed by atoms with van der Waals surface area (Å²) in [4.78, 5) is 27.5. The Balaban J connectivity index is 1.66.